The van der Waals surface area contributed by atoms with E-state index < -0.39 is 18.0 Å². The number of primary amides is 1. The molecule has 0 spiro atoms. The van der Waals surface area contributed by atoms with Crippen molar-refractivity contribution >= 4 is 11.9 Å². The summed E-state index contributed by atoms with van der Waals surface area (Å²) in [4.78, 5) is 24.0. The van der Waals surface area contributed by atoms with Gasteiger partial charge >= 0.3 is 5.97 Å². The van der Waals surface area contributed by atoms with E-state index in [1.807, 2.05) is 0 Å². The highest BCUT2D eigenvalue weighted by Crippen LogP contribution is 2.31. The van der Waals surface area contributed by atoms with Gasteiger partial charge in [0.15, 0.2) is 11.5 Å². The first kappa shape index (κ1) is 15.9. The van der Waals surface area contributed by atoms with E-state index in [1.165, 1.54) is 0 Å². The lowest BCUT2D eigenvalue weighted by molar-refractivity contribution is -0.127. The summed E-state index contributed by atoms with van der Waals surface area (Å²) in [5, 5.41) is 0. The molecule has 124 valence electrons. The molecule has 6 heteroatoms. The molecule has 0 aromatic heterocycles. The molecule has 1 heterocycles. The molecular formula is C18H17NO5. The third-order valence-electron chi connectivity index (χ3n) is 3.57. The predicted octanol–water partition coefficient (Wildman–Crippen LogP) is 2.23. The number of carbonyl (C=O) groups excluding carboxylic acids is 2. The zero-order valence-electron chi connectivity index (χ0n) is 12.9. The second-order valence-electron chi connectivity index (χ2n) is 5.31. The fourth-order valence-corrected chi connectivity index (χ4v) is 2.38. The van der Waals surface area contributed by atoms with Gasteiger partial charge in [0.2, 0.25) is 6.10 Å². The largest absolute Gasteiger partial charge is 0.490 e. The van der Waals surface area contributed by atoms with Crippen LogP contribution < -0.4 is 15.2 Å². The highest BCUT2D eigenvalue weighted by Gasteiger charge is 2.24. The number of rotatable bonds is 4. The van der Waals surface area contributed by atoms with E-state index in [1.54, 1.807) is 48.5 Å². The van der Waals surface area contributed by atoms with E-state index in [-0.39, 0.29) is 5.56 Å². The molecule has 1 unspecified atom stereocenters. The summed E-state index contributed by atoms with van der Waals surface area (Å²) < 4.78 is 16.4. The lowest BCUT2D eigenvalue weighted by Crippen LogP contribution is -2.26. The van der Waals surface area contributed by atoms with Gasteiger partial charge < -0.3 is 19.9 Å². The molecule has 0 fully saturated rings. The predicted molar refractivity (Wildman–Crippen MR) is 85.8 cm³/mol. The molecule has 24 heavy (non-hydrogen) atoms. The number of ether oxygens (including phenoxy) is 3. The van der Waals surface area contributed by atoms with Crippen LogP contribution in [-0.4, -0.2) is 25.1 Å². The minimum absolute atomic E-state index is 0.265. The van der Waals surface area contributed by atoms with Crippen LogP contribution in [0.5, 0.6) is 11.5 Å². The van der Waals surface area contributed by atoms with Crippen LogP contribution in [0.25, 0.3) is 0 Å². The van der Waals surface area contributed by atoms with Gasteiger partial charge in [-0.15, -0.1) is 0 Å². The zero-order chi connectivity index (χ0) is 16.9. The zero-order valence-corrected chi connectivity index (χ0v) is 12.9. The highest BCUT2D eigenvalue weighted by atomic mass is 16.5. The number of benzene rings is 2. The highest BCUT2D eigenvalue weighted by molar-refractivity contribution is 5.93. The van der Waals surface area contributed by atoms with Gasteiger partial charge in [0.25, 0.3) is 5.91 Å². The maximum Gasteiger partial charge on any atom is 0.339 e. The lowest BCUT2D eigenvalue weighted by Gasteiger charge is -2.15. The molecule has 6 nitrogen and oxygen atoms in total. The Morgan fingerprint density at radius 2 is 1.71 bits per heavy atom. The molecule has 0 radical (unpaired) electrons. The molecule has 0 saturated heterocycles. The minimum atomic E-state index is -1.14. The fraction of sp³-hybridized carbons (Fsp3) is 0.222. The van der Waals surface area contributed by atoms with Crippen molar-refractivity contribution in [2.45, 2.75) is 12.5 Å². The summed E-state index contributed by atoms with van der Waals surface area (Å²) in [6.45, 7) is 1.08. The van der Waals surface area contributed by atoms with E-state index in [0.717, 1.165) is 6.42 Å². The summed E-state index contributed by atoms with van der Waals surface area (Å²) in [6, 6.07) is 13.4. The standard InChI is InChI=1S/C18H17NO5/c19-17(20)16(12-5-2-1-3-6-12)24-18(21)13-7-8-14-15(11-13)23-10-4-9-22-14/h1-3,5-8,11,16H,4,9-10H2,(H2,19,20). The third kappa shape index (κ3) is 3.48. The normalized spacial score (nSPS) is 14.3. The summed E-state index contributed by atoms with van der Waals surface area (Å²) in [6.07, 6.45) is -0.374. The molecular weight excluding hydrogens is 310 g/mol. The molecule has 1 atom stereocenters. The first-order valence-corrected chi connectivity index (χ1v) is 7.60. The number of fused-ring (bicyclic) bond motifs is 1. The van der Waals surface area contributed by atoms with E-state index in [0.29, 0.717) is 30.3 Å². The molecule has 2 aromatic rings. The second-order valence-corrected chi connectivity index (χ2v) is 5.31. The molecule has 0 saturated carbocycles. The number of esters is 1. The van der Waals surface area contributed by atoms with Crippen molar-refractivity contribution < 1.29 is 23.8 Å². The van der Waals surface area contributed by atoms with Gasteiger partial charge in [0.05, 0.1) is 18.8 Å². The van der Waals surface area contributed by atoms with Gasteiger partial charge in [-0.25, -0.2) is 4.79 Å². The van der Waals surface area contributed by atoms with Crippen molar-refractivity contribution in [2.75, 3.05) is 13.2 Å². The Hall–Kier alpha value is -3.02. The Labute approximate surface area is 139 Å². The van der Waals surface area contributed by atoms with Crippen LogP contribution in [0, 0.1) is 0 Å². The van der Waals surface area contributed by atoms with Crippen molar-refractivity contribution in [3.8, 4) is 11.5 Å². The fourth-order valence-electron chi connectivity index (χ4n) is 2.38. The third-order valence-corrected chi connectivity index (χ3v) is 3.57. The minimum Gasteiger partial charge on any atom is -0.490 e. The first-order valence-electron chi connectivity index (χ1n) is 7.60. The summed E-state index contributed by atoms with van der Waals surface area (Å²) in [5.74, 6) is -0.321. The van der Waals surface area contributed by atoms with Gasteiger partial charge in [0, 0.05) is 12.0 Å². The van der Waals surface area contributed by atoms with Crippen molar-refractivity contribution in [3.05, 3.63) is 59.7 Å². The van der Waals surface area contributed by atoms with Crippen LogP contribution in [0.2, 0.25) is 0 Å². The van der Waals surface area contributed by atoms with Crippen LogP contribution in [0.15, 0.2) is 48.5 Å². The molecule has 1 aliphatic heterocycles. The molecule has 0 aliphatic carbocycles. The quantitative estimate of drug-likeness (QED) is 0.870. The van der Waals surface area contributed by atoms with Crippen LogP contribution in [0.3, 0.4) is 0 Å². The van der Waals surface area contributed by atoms with Gasteiger partial charge in [0.1, 0.15) is 0 Å². The number of amides is 1. The molecule has 1 amide bonds. The Morgan fingerprint density at radius 3 is 2.42 bits per heavy atom. The first-order chi connectivity index (χ1) is 11.6. The van der Waals surface area contributed by atoms with E-state index in [2.05, 4.69) is 0 Å². The maximum absolute atomic E-state index is 12.4. The van der Waals surface area contributed by atoms with Crippen LogP contribution in [0.1, 0.15) is 28.4 Å². The Morgan fingerprint density at radius 1 is 1.00 bits per heavy atom. The molecule has 0 bridgehead atoms. The van der Waals surface area contributed by atoms with Gasteiger partial charge in [-0.05, 0) is 18.2 Å². The Kier molecular flexibility index (Phi) is 4.65. The van der Waals surface area contributed by atoms with E-state index >= 15 is 0 Å². The second kappa shape index (κ2) is 7.04. The number of hydrogen-bond acceptors (Lipinski definition) is 5. The van der Waals surface area contributed by atoms with Gasteiger partial charge in [-0.2, -0.15) is 0 Å². The summed E-state index contributed by atoms with van der Waals surface area (Å²) in [5.41, 5.74) is 6.15. The number of hydrogen-bond donors (Lipinski definition) is 1. The van der Waals surface area contributed by atoms with E-state index in [9.17, 15) is 9.59 Å². The molecule has 3 rings (SSSR count). The van der Waals surface area contributed by atoms with Crippen molar-refractivity contribution in [2.24, 2.45) is 5.73 Å². The average Bonchev–Trinajstić information content (AvgIpc) is 2.84. The summed E-state index contributed by atoms with van der Waals surface area (Å²) in [7, 11) is 0. The number of carbonyl (C=O) groups is 2. The average molecular weight is 327 g/mol. The van der Waals surface area contributed by atoms with E-state index in [4.69, 9.17) is 19.9 Å². The van der Waals surface area contributed by atoms with Gasteiger partial charge in [-0.3, -0.25) is 4.79 Å². The monoisotopic (exact) mass is 327 g/mol. The maximum atomic E-state index is 12.4. The topological polar surface area (TPSA) is 87.9 Å². The number of nitrogens with two attached hydrogens (primary N) is 1. The van der Waals surface area contributed by atoms with Crippen molar-refractivity contribution in [1.82, 2.24) is 0 Å². The molecule has 2 aromatic carbocycles. The Balaban J connectivity index is 1.81. The molecule has 1 aliphatic rings. The Bertz CT molecular complexity index is 744. The van der Waals surface area contributed by atoms with Crippen molar-refractivity contribution in [1.29, 1.82) is 0 Å². The lowest BCUT2D eigenvalue weighted by atomic mass is 10.1. The van der Waals surface area contributed by atoms with Crippen LogP contribution in [0.4, 0.5) is 0 Å². The SMILES string of the molecule is NC(=O)C(OC(=O)c1ccc2c(c1)OCCCO2)c1ccccc1. The molecule has 2 N–H and O–H groups in total. The van der Waals surface area contributed by atoms with Crippen molar-refractivity contribution in [3.63, 3.8) is 0 Å². The van der Waals surface area contributed by atoms with Crippen LogP contribution >= 0.6 is 0 Å². The van der Waals surface area contributed by atoms with Crippen LogP contribution in [-0.2, 0) is 9.53 Å². The smallest absolute Gasteiger partial charge is 0.339 e. The summed E-state index contributed by atoms with van der Waals surface area (Å²) >= 11 is 0. The van der Waals surface area contributed by atoms with Gasteiger partial charge in [-0.1, -0.05) is 30.3 Å².